The SMILES string of the molecule is CC(C)N1CCN(c2ccc(C(=O)N3CCNCC3)cc2)CC1. The summed E-state index contributed by atoms with van der Waals surface area (Å²) in [7, 11) is 0. The summed E-state index contributed by atoms with van der Waals surface area (Å²) in [5.41, 5.74) is 2.03. The van der Waals surface area contributed by atoms with Crippen LogP contribution in [0.5, 0.6) is 0 Å². The van der Waals surface area contributed by atoms with E-state index in [-0.39, 0.29) is 5.91 Å². The van der Waals surface area contributed by atoms with Crippen molar-refractivity contribution in [3.63, 3.8) is 0 Å². The lowest BCUT2D eigenvalue weighted by atomic mass is 10.1. The molecule has 5 heteroatoms. The Morgan fingerprint density at radius 2 is 1.57 bits per heavy atom. The molecule has 0 unspecified atom stereocenters. The van der Waals surface area contributed by atoms with Crippen molar-refractivity contribution in [1.29, 1.82) is 0 Å². The van der Waals surface area contributed by atoms with Gasteiger partial charge in [0, 0.05) is 69.7 Å². The standard InChI is InChI=1S/C18H28N4O/c1-15(2)20-11-13-21(14-12-20)17-5-3-16(4-6-17)18(23)22-9-7-19-8-10-22/h3-6,15,19H,7-14H2,1-2H3. The van der Waals surface area contributed by atoms with Crippen LogP contribution in [0.2, 0.25) is 0 Å². The maximum atomic E-state index is 12.5. The van der Waals surface area contributed by atoms with Crippen LogP contribution in [0.4, 0.5) is 5.69 Å². The minimum atomic E-state index is 0.155. The van der Waals surface area contributed by atoms with Crippen molar-refractivity contribution in [1.82, 2.24) is 15.1 Å². The monoisotopic (exact) mass is 316 g/mol. The zero-order valence-electron chi connectivity index (χ0n) is 14.3. The molecular weight excluding hydrogens is 288 g/mol. The molecule has 23 heavy (non-hydrogen) atoms. The molecule has 1 aromatic carbocycles. The third kappa shape index (κ3) is 3.85. The Bertz CT molecular complexity index is 514. The first-order valence-corrected chi connectivity index (χ1v) is 8.74. The fraction of sp³-hybridized carbons (Fsp3) is 0.611. The Morgan fingerprint density at radius 1 is 0.957 bits per heavy atom. The maximum absolute atomic E-state index is 12.5. The van der Waals surface area contributed by atoms with Crippen molar-refractivity contribution in [2.45, 2.75) is 19.9 Å². The minimum Gasteiger partial charge on any atom is -0.369 e. The summed E-state index contributed by atoms with van der Waals surface area (Å²) in [6.45, 7) is 12.2. The number of nitrogens with zero attached hydrogens (tertiary/aromatic N) is 3. The second kappa shape index (κ2) is 7.32. The van der Waals surface area contributed by atoms with Crippen LogP contribution in [0, 0.1) is 0 Å². The average Bonchev–Trinajstić information content (AvgIpc) is 2.62. The first-order valence-electron chi connectivity index (χ1n) is 8.74. The van der Waals surface area contributed by atoms with Gasteiger partial charge in [-0.1, -0.05) is 0 Å². The van der Waals surface area contributed by atoms with Gasteiger partial charge in [0.1, 0.15) is 0 Å². The Labute approximate surface area is 139 Å². The molecule has 2 heterocycles. The summed E-state index contributed by atoms with van der Waals surface area (Å²) in [6, 6.07) is 8.78. The summed E-state index contributed by atoms with van der Waals surface area (Å²) < 4.78 is 0. The molecule has 0 saturated carbocycles. The van der Waals surface area contributed by atoms with Crippen molar-refractivity contribution in [3.05, 3.63) is 29.8 Å². The van der Waals surface area contributed by atoms with Gasteiger partial charge in [-0.05, 0) is 38.1 Å². The van der Waals surface area contributed by atoms with Crippen molar-refractivity contribution in [2.24, 2.45) is 0 Å². The molecule has 0 spiro atoms. The normalized spacial score (nSPS) is 20.1. The van der Waals surface area contributed by atoms with E-state index in [1.165, 1.54) is 5.69 Å². The van der Waals surface area contributed by atoms with Crippen molar-refractivity contribution >= 4 is 11.6 Å². The third-order valence-electron chi connectivity index (χ3n) is 4.93. The fourth-order valence-electron chi connectivity index (χ4n) is 3.36. The predicted octanol–water partition coefficient (Wildman–Crippen LogP) is 1.26. The summed E-state index contributed by atoms with van der Waals surface area (Å²) >= 11 is 0. The van der Waals surface area contributed by atoms with Crippen LogP contribution in [0.25, 0.3) is 0 Å². The zero-order valence-corrected chi connectivity index (χ0v) is 14.3. The van der Waals surface area contributed by atoms with E-state index in [2.05, 4.69) is 41.1 Å². The first-order chi connectivity index (χ1) is 11.1. The number of benzene rings is 1. The largest absolute Gasteiger partial charge is 0.369 e. The van der Waals surface area contributed by atoms with Gasteiger partial charge >= 0.3 is 0 Å². The van der Waals surface area contributed by atoms with Crippen LogP contribution >= 0.6 is 0 Å². The number of carbonyl (C=O) groups is 1. The van der Waals surface area contributed by atoms with E-state index in [1.54, 1.807) is 0 Å². The maximum Gasteiger partial charge on any atom is 0.253 e. The number of amides is 1. The second-order valence-corrected chi connectivity index (χ2v) is 6.71. The van der Waals surface area contributed by atoms with Gasteiger partial charge in [0.2, 0.25) is 0 Å². The van der Waals surface area contributed by atoms with Crippen molar-refractivity contribution < 1.29 is 4.79 Å². The topological polar surface area (TPSA) is 38.8 Å². The molecule has 2 fully saturated rings. The molecule has 1 N–H and O–H groups in total. The molecule has 0 aromatic heterocycles. The van der Waals surface area contributed by atoms with E-state index in [9.17, 15) is 4.79 Å². The molecule has 2 aliphatic heterocycles. The number of hydrogen-bond acceptors (Lipinski definition) is 4. The van der Waals surface area contributed by atoms with Gasteiger partial charge in [0.25, 0.3) is 5.91 Å². The molecule has 2 aliphatic rings. The van der Waals surface area contributed by atoms with Gasteiger partial charge in [-0.25, -0.2) is 0 Å². The highest BCUT2D eigenvalue weighted by molar-refractivity contribution is 5.94. The molecule has 126 valence electrons. The number of piperazine rings is 2. The highest BCUT2D eigenvalue weighted by Crippen LogP contribution is 2.19. The highest BCUT2D eigenvalue weighted by Gasteiger charge is 2.20. The van der Waals surface area contributed by atoms with Crippen LogP contribution in [-0.2, 0) is 0 Å². The molecular formula is C18H28N4O. The van der Waals surface area contributed by atoms with Crippen LogP contribution in [0.15, 0.2) is 24.3 Å². The number of nitrogens with one attached hydrogen (secondary N) is 1. The summed E-state index contributed by atoms with van der Waals surface area (Å²) in [6.07, 6.45) is 0. The molecule has 1 aromatic rings. The lowest BCUT2D eigenvalue weighted by molar-refractivity contribution is 0.0736. The van der Waals surface area contributed by atoms with Gasteiger partial charge in [-0.15, -0.1) is 0 Å². The Balaban J connectivity index is 1.60. The summed E-state index contributed by atoms with van der Waals surface area (Å²) in [5, 5.41) is 3.28. The summed E-state index contributed by atoms with van der Waals surface area (Å²) in [5.74, 6) is 0.155. The van der Waals surface area contributed by atoms with E-state index >= 15 is 0 Å². The quantitative estimate of drug-likeness (QED) is 0.911. The van der Waals surface area contributed by atoms with Gasteiger partial charge in [0.05, 0.1) is 0 Å². The number of carbonyl (C=O) groups excluding carboxylic acids is 1. The summed E-state index contributed by atoms with van der Waals surface area (Å²) in [4.78, 5) is 19.3. The lowest BCUT2D eigenvalue weighted by Crippen LogP contribution is -2.49. The Hall–Kier alpha value is -1.59. The van der Waals surface area contributed by atoms with Gasteiger partial charge in [0.15, 0.2) is 0 Å². The first kappa shape index (κ1) is 16.3. The minimum absolute atomic E-state index is 0.155. The fourth-order valence-corrected chi connectivity index (χ4v) is 3.36. The smallest absolute Gasteiger partial charge is 0.253 e. The van der Waals surface area contributed by atoms with Crippen LogP contribution in [0.1, 0.15) is 24.2 Å². The van der Waals surface area contributed by atoms with Crippen molar-refractivity contribution in [3.8, 4) is 0 Å². The van der Waals surface area contributed by atoms with Crippen LogP contribution in [-0.4, -0.2) is 74.1 Å². The van der Waals surface area contributed by atoms with Gasteiger partial charge < -0.3 is 15.1 Å². The number of anilines is 1. The van der Waals surface area contributed by atoms with Crippen LogP contribution < -0.4 is 10.2 Å². The number of rotatable bonds is 3. The molecule has 0 radical (unpaired) electrons. The zero-order chi connectivity index (χ0) is 16.2. The Morgan fingerprint density at radius 3 is 2.13 bits per heavy atom. The van der Waals surface area contributed by atoms with E-state index in [1.807, 2.05) is 17.0 Å². The number of hydrogen-bond donors (Lipinski definition) is 1. The molecule has 5 nitrogen and oxygen atoms in total. The molecule has 0 aliphatic carbocycles. The second-order valence-electron chi connectivity index (χ2n) is 6.71. The molecule has 0 atom stereocenters. The Kier molecular flexibility index (Phi) is 5.18. The van der Waals surface area contributed by atoms with E-state index in [4.69, 9.17) is 0 Å². The van der Waals surface area contributed by atoms with Gasteiger partial charge in [-0.2, -0.15) is 0 Å². The highest BCUT2D eigenvalue weighted by atomic mass is 16.2. The van der Waals surface area contributed by atoms with Crippen LogP contribution in [0.3, 0.4) is 0 Å². The molecule has 0 bridgehead atoms. The van der Waals surface area contributed by atoms with Gasteiger partial charge in [-0.3, -0.25) is 9.69 Å². The molecule has 2 saturated heterocycles. The molecule has 3 rings (SSSR count). The predicted molar refractivity (Wildman–Crippen MR) is 94.1 cm³/mol. The van der Waals surface area contributed by atoms with E-state index in [0.717, 1.165) is 57.9 Å². The van der Waals surface area contributed by atoms with E-state index in [0.29, 0.717) is 6.04 Å². The molecule has 1 amide bonds. The average molecular weight is 316 g/mol. The lowest BCUT2D eigenvalue weighted by Gasteiger charge is -2.38. The third-order valence-corrected chi connectivity index (χ3v) is 4.93. The van der Waals surface area contributed by atoms with Crippen molar-refractivity contribution in [2.75, 3.05) is 57.3 Å². The van der Waals surface area contributed by atoms with E-state index < -0.39 is 0 Å².